The lowest BCUT2D eigenvalue weighted by Crippen LogP contribution is -2.24. The SMILES string of the molecule is O=c1nc2c(nnc3c4c(-c5ccccc5)c(-c5ccccc5)n[nH]c4nn23)c(=O)[nH]1. The van der Waals surface area contributed by atoms with Crippen LogP contribution in [0.25, 0.3) is 50.2 Å². The number of rotatable bonds is 2. The molecular formula is C21H12N8O2. The highest BCUT2D eigenvalue weighted by Crippen LogP contribution is 2.37. The highest BCUT2D eigenvalue weighted by Gasteiger charge is 2.21. The molecule has 10 nitrogen and oxygen atoms in total. The molecule has 6 rings (SSSR count). The molecule has 0 amide bonds. The van der Waals surface area contributed by atoms with Crippen molar-refractivity contribution in [1.29, 1.82) is 0 Å². The molecule has 4 heterocycles. The average molecular weight is 408 g/mol. The van der Waals surface area contributed by atoms with Crippen LogP contribution in [-0.4, -0.2) is 40.0 Å². The van der Waals surface area contributed by atoms with Crippen LogP contribution < -0.4 is 11.2 Å². The zero-order valence-corrected chi connectivity index (χ0v) is 15.8. The fourth-order valence-corrected chi connectivity index (χ4v) is 3.70. The lowest BCUT2D eigenvalue weighted by molar-refractivity contribution is 0.900. The second-order valence-electron chi connectivity index (χ2n) is 6.88. The van der Waals surface area contributed by atoms with Crippen LogP contribution in [0, 0.1) is 0 Å². The van der Waals surface area contributed by atoms with Crippen LogP contribution in [0.3, 0.4) is 0 Å². The van der Waals surface area contributed by atoms with Crippen molar-refractivity contribution in [3.63, 3.8) is 0 Å². The molecular weight excluding hydrogens is 396 g/mol. The molecule has 6 aromatic rings. The number of aromatic nitrogens is 8. The van der Waals surface area contributed by atoms with Gasteiger partial charge in [-0.25, -0.2) is 4.79 Å². The van der Waals surface area contributed by atoms with Gasteiger partial charge in [-0.05, 0) is 5.56 Å². The summed E-state index contributed by atoms with van der Waals surface area (Å²) in [7, 11) is 0. The van der Waals surface area contributed by atoms with Crippen molar-refractivity contribution in [3.05, 3.63) is 81.5 Å². The van der Waals surface area contributed by atoms with E-state index >= 15 is 0 Å². The quantitative estimate of drug-likeness (QED) is 0.447. The van der Waals surface area contributed by atoms with Gasteiger partial charge < -0.3 is 0 Å². The van der Waals surface area contributed by atoms with Gasteiger partial charge in [0.05, 0.1) is 11.1 Å². The highest BCUT2D eigenvalue weighted by molar-refractivity contribution is 6.07. The second-order valence-corrected chi connectivity index (χ2v) is 6.88. The van der Waals surface area contributed by atoms with Crippen LogP contribution in [0.15, 0.2) is 70.3 Å². The molecule has 0 fully saturated rings. The van der Waals surface area contributed by atoms with Crippen molar-refractivity contribution in [2.75, 3.05) is 0 Å². The summed E-state index contributed by atoms with van der Waals surface area (Å²) in [4.78, 5) is 29.9. The summed E-state index contributed by atoms with van der Waals surface area (Å²) in [5.41, 5.74) is 2.62. The fourth-order valence-electron chi connectivity index (χ4n) is 3.70. The predicted octanol–water partition coefficient (Wildman–Crippen LogP) is 1.93. The molecule has 2 N–H and O–H groups in total. The van der Waals surface area contributed by atoms with Crippen molar-refractivity contribution in [2.24, 2.45) is 0 Å². The number of benzene rings is 2. The second kappa shape index (κ2) is 6.39. The van der Waals surface area contributed by atoms with Gasteiger partial charge in [0.15, 0.2) is 22.5 Å². The molecule has 148 valence electrons. The normalized spacial score (nSPS) is 11.5. The molecule has 0 radical (unpaired) electrons. The first-order valence-corrected chi connectivity index (χ1v) is 9.39. The van der Waals surface area contributed by atoms with Crippen molar-refractivity contribution < 1.29 is 0 Å². The van der Waals surface area contributed by atoms with Crippen LogP contribution in [0.1, 0.15) is 0 Å². The number of nitrogens with one attached hydrogen (secondary N) is 2. The maximum atomic E-state index is 12.1. The fraction of sp³-hybridized carbons (Fsp3) is 0. The Morgan fingerprint density at radius 1 is 0.806 bits per heavy atom. The zero-order valence-electron chi connectivity index (χ0n) is 15.8. The van der Waals surface area contributed by atoms with Gasteiger partial charge in [0.1, 0.15) is 0 Å². The van der Waals surface area contributed by atoms with E-state index < -0.39 is 11.2 Å². The Labute approximate surface area is 172 Å². The Morgan fingerprint density at radius 3 is 2.26 bits per heavy atom. The molecule has 0 saturated carbocycles. The molecule has 4 aromatic heterocycles. The first-order valence-electron chi connectivity index (χ1n) is 9.39. The van der Waals surface area contributed by atoms with E-state index in [1.165, 1.54) is 4.52 Å². The maximum absolute atomic E-state index is 12.1. The van der Waals surface area contributed by atoms with Crippen LogP contribution >= 0.6 is 0 Å². The van der Waals surface area contributed by atoms with Crippen LogP contribution in [0.2, 0.25) is 0 Å². The Balaban J connectivity index is 1.83. The van der Waals surface area contributed by atoms with E-state index in [1.807, 2.05) is 60.7 Å². The Kier molecular flexibility index (Phi) is 3.54. The summed E-state index contributed by atoms with van der Waals surface area (Å²) in [6.07, 6.45) is 0. The van der Waals surface area contributed by atoms with E-state index in [0.717, 1.165) is 16.7 Å². The molecule has 0 aliphatic carbocycles. The third-order valence-electron chi connectivity index (χ3n) is 5.03. The molecule has 0 aliphatic heterocycles. The number of nitrogens with zero attached hydrogens (tertiary/aromatic N) is 6. The van der Waals surface area contributed by atoms with E-state index in [0.29, 0.717) is 22.4 Å². The number of hydrogen-bond acceptors (Lipinski definition) is 7. The first kappa shape index (κ1) is 17.2. The van der Waals surface area contributed by atoms with E-state index in [2.05, 4.69) is 35.5 Å². The summed E-state index contributed by atoms with van der Waals surface area (Å²) in [6.45, 7) is 0. The van der Waals surface area contributed by atoms with Crippen LogP contribution in [0.4, 0.5) is 0 Å². The molecule has 31 heavy (non-hydrogen) atoms. The summed E-state index contributed by atoms with van der Waals surface area (Å²) >= 11 is 0. The van der Waals surface area contributed by atoms with E-state index in [1.54, 1.807) is 0 Å². The first-order chi connectivity index (χ1) is 15.2. The summed E-state index contributed by atoms with van der Waals surface area (Å²) in [6, 6.07) is 19.5. The predicted molar refractivity (Wildman–Crippen MR) is 113 cm³/mol. The number of fused-ring (bicyclic) bond motifs is 5. The van der Waals surface area contributed by atoms with Gasteiger partial charge in [0.2, 0.25) is 0 Å². The van der Waals surface area contributed by atoms with Crippen molar-refractivity contribution >= 4 is 27.8 Å². The number of hydrogen-bond donors (Lipinski definition) is 2. The summed E-state index contributed by atoms with van der Waals surface area (Å²) in [5.74, 6) is 0. The Bertz CT molecular complexity index is 1720. The van der Waals surface area contributed by atoms with Crippen molar-refractivity contribution in [1.82, 2.24) is 40.0 Å². The molecule has 0 bridgehead atoms. The third kappa shape index (κ3) is 2.55. The Morgan fingerprint density at radius 2 is 1.52 bits per heavy atom. The zero-order chi connectivity index (χ0) is 20.9. The minimum atomic E-state index is -0.776. The van der Waals surface area contributed by atoms with Crippen molar-refractivity contribution in [2.45, 2.75) is 0 Å². The maximum Gasteiger partial charge on any atom is 0.350 e. The number of aromatic amines is 2. The molecule has 0 atom stereocenters. The number of H-pyrrole nitrogens is 2. The van der Waals surface area contributed by atoms with Gasteiger partial charge in [-0.15, -0.1) is 15.3 Å². The van der Waals surface area contributed by atoms with Gasteiger partial charge in [0, 0.05) is 11.1 Å². The molecule has 10 heteroatoms. The standard InChI is InChI=1S/C21H12N8O2/c30-20-16-19(22-21(31)23-20)29-18(27-25-16)14-13(11-7-3-1-4-8-11)15(24-26-17(14)28-29)12-9-5-2-6-10-12/h1-10H,(H,26,28)(H,23,30,31). The monoisotopic (exact) mass is 408 g/mol. The van der Waals surface area contributed by atoms with Crippen molar-refractivity contribution in [3.8, 4) is 22.4 Å². The summed E-state index contributed by atoms with van der Waals surface area (Å²) in [5, 5.41) is 20.9. The van der Waals surface area contributed by atoms with Gasteiger partial charge in [0.25, 0.3) is 5.56 Å². The third-order valence-corrected chi connectivity index (χ3v) is 5.03. The van der Waals surface area contributed by atoms with Gasteiger partial charge in [-0.2, -0.15) is 14.6 Å². The van der Waals surface area contributed by atoms with Gasteiger partial charge >= 0.3 is 5.69 Å². The van der Waals surface area contributed by atoms with Gasteiger partial charge in [-0.1, -0.05) is 60.7 Å². The lowest BCUT2D eigenvalue weighted by Gasteiger charge is -2.10. The average Bonchev–Trinajstić information content (AvgIpc) is 3.19. The smallest absolute Gasteiger partial charge is 0.270 e. The Hall–Kier alpha value is -4.73. The van der Waals surface area contributed by atoms with E-state index in [9.17, 15) is 9.59 Å². The van der Waals surface area contributed by atoms with Gasteiger partial charge in [-0.3, -0.25) is 14.9 Å². The minimum Gasteiger partial charge on any atom is -0.270 e. The highest BCUT2D eigenvalue weighted by atomic mass is 16.2. The van der Waals surface area contributed by atoms with E-state index in [-0.39, 0.29) is 11.2 Å². The molecule has 2 aromatic carbocycles. The van der Waals surface area contributed by atoms with E-state index in [4.69, 9.17) is 0 Å². The summed E-state index contributed by atoms with van der Waals surface area (Å²) < 4.78 is 1.35. The largest absolute Gasteiger partial charge is 0.350 e. The molecule has 0 unspecified atom stereocenters. The molecule has 0 saturated heterocycles. The lowest BCUT2D eigenvalue weighted by atomic mass is 9.97. The molecule has 0 aliphatic rings. The van der Waals surface area contributed by atoms with Crippen LogP contribution in [-0.2, 0) is 0 Å². The minimum absolute atomic E-state index is 0.0311. The van der Waals surface area contributed by atoms with Crippen LogP contribution in [0.5, 0.6) is 0 Å². The molecule has 0 spiro atoms. The topological polar surface area (TPSA) is 135 Å².